The van der Waals surface area contributed by atoms with Crippen molar-refractivity contribution in [1.82, 2.24) is 25.0 Å². The summed E-state index contributed by atoms with van der Waals surface area (Å²) in [5, 5.41) is 10.8. The second kappa shape index (κ2) is 2.24. The van der Waals surface area contributed by atoms with Crippen LogP contribution in [0.4, 0.5) is 0 Å². The van der Waals surface area contributed by atoms with Gasteiger partial charge in [-0.3, -0.25) is 0 Å². The monoisotopic (exact) mass is 150 g/mol. The van der Waals surface area contributed by atoms with Crippen molar-refractivity contribution in [2.24, 2.45) is 5.73 Å². The normalized spacial score (nSPS) is 10.6. The lowest BCUT2D eigenvalue weighted by Crippen LogP contribution is -2.05. The number of fused-ring (bicyclic) bond motifs is 1. The van der Waals surface area contributed by atoms with Crippen molar-refractivity contribution >= 4 is 5.78 Å². The predicted octanol–water partition coefficient (Wildman–Crippen LogP) is -1.02. The number of hydrogen-bond donors (Lipinski definition) is 1. The lowest BCUT2D eigenvalue weighted by molar-refractivity contribution is 0.772. The highest BCUT2D eigenvalue weighted by molar-refractivity contribution is 5.24. The Morgan fingerprint density at radius 2 is 2.45 bits per heavy atom. The number of nitrogens with zero attached hydrogens (tertiary/aromatic N) is 5. The average Bonchev–Trinajstić information content (AvgIpc) is 2.50. The number of tetrazole rings is 1. The first-order valence-corrected chi connectivity index (χ1v) is 3.14. The third-order valence-corrected chi connectivity index (χ3v) is 1.39. The largest absolute Gasteiger partial charge is 0.325 e. The lowest BCUT2D eigenvalue weighted by Gasteiger charge is -1.95. The van der Waals surface area contributed by atoms with Gasteiger partial charge >= 0.3 is 0 Å². The molecule has 6 nitrogen and oxygen atoms in total. The second-order valence-electron chi connectivity index (χ2n) is 2.03. The molecule has 6 heteroatoms. The maximum atomic E-state index is 5.43. The summed E-state index contributed by atoms with van der Waals surface area (Å²) in [7, 11) is 0. The summed E-state index contributed by atoms with van der Waals surface area (Å²) >= 11 is 0. The van der Waals surface area contributed by atoms with E-state index in [0.29, 0.717) is 12.3 Å². The standard InChI is InChI=1S/C5H6N6/c6-3-4-1-2-7-5-8-9-10-11(4)5/h1-2H,3,6H2. The van der Waals surface area contributed by atoms with Crippen LogP contribution in [0.2, 0.25) is 0 Å². The third-order valence-electron chi connectivity index (χ3n) is 1.39. The van der Waals surface area contributed by atoms with Crippen LogP contribution in [0.1, 0.15) is 5.69 Å². The molecule has 0 saturated carbocycles. The van der Waals surface area contributed by atoms with Crippen molar-refractivity contribution < 1.29 is 0 Å². The fourth-order valence-corrected chi connectivity index (χ4v) is 0.864. The zero-order chi connectivity index (χ0) is 7.68. The summed E-state index contributed by atoms with van der Waals surface area (Å²) in [6.45, 7) is 0.407. The zero-order valence-corrected chi connectivity index (χ0v) is 5.68. The Bertz CT molecular complexity index is 366. The first kappa shape index (κ1) is 6.17. The first-order valence-electron chi connectivity index (χ1n) is 3.14. The van der Waals surface area contributed by atoms with Crippen molar-refractivity contribution in [3.63, 3.8) is 0 Å². The van der Waals surface area contributed by atoms with Crippen LogP contribution < -0.4 is 5.73 Å². The second-order valence-corrected chi connectivity index (χ2v) is 2.03. The van der Waals surface area contributed by atoms with E-state index in [0.717, 1.165) is 5.69 Å². The summed E-state index contributed by atoms with van der Waals surface area (Å²) < 4.78 is 1.51. The van der Waals surface area contributed by atoms with Crippen LogP contribution in [0.25, 0.3) is 5.78 Å². The Balaban J connectivity index is 2.79. The van der Waals surface area contributed by atoms with Gasteiger partial charge < -0.3 is 5.73 Å². The molecule has 0 amide bonds. The van der Waals surface area contributed by atoms with Crippen molar-refractivity contribution in [2.45, 2.75) is 6.54 Å². The van der Waals surface area contributed by atoms with Gasteiger partial charge in [-0.25, -0.2) is 4.98 Å². The summed E-state index contributed by atoms with van der Waals surface area (Å²) in [4.78, 5) is 3.92. The van der Waals surface area contributed by atoms with Crippen LogP contribution in [-0.4, -0.2) is 25.0 Å². The Morgan fingerprint density at radius 1 is 1.55 bits per heavy atom. The van der Waals surface area contributed by atoms with E-state index in [4.69, 9.17) is 5.73 Å². The molecule has 0 saturated heterocycles. The minimum Gasteiger partial charge on any atom is -0.325 e. The fourth-order valence-electron chi connectivity index (χ4n) is 0.864. The van der Waals surface area contributed by atoms with Gasteiger partial charge in [0.15, 0.2) is 0 Å². The molecule has 2 rings (SSSR count). The molecule has 56 valence electrons. The predicted molar refractivity (Wildman–Crippen MR) is 36.5 cm³/mol. The molecule has 0 bridgehead atoms. The van der Waals surface area contributed by atoms with Crippen LogP contribution in [0.15, 0.2) is 12.3 Å². The van der Waals surface area contributed by atoms with Gasteiger partial charge in [0.1, 0.15) is 0 Å². The molecule has 2 N–H and O–H groups in total. The van der Waals surface area contributed by atoms with E-state index in [1.807, 2.05) is 0 Å². The third kappa shape index (κ3) is 0.838. The Labute approximate surface area is 62.0 Å². The van der Waals surface area contributed by atoms with Crippen LogP contribution in [0, 0.1) is 0 Å². The molecule has 0 fully saturated rings. The van der Waals surface area contributed by atoms with Crippen molar-refractivity contribution in [3.05, 3.63) is 18.0 Å². The molecule has 2 aromatic heterocycles. The van der Waals surface area contributed by atoms with Crippen molar-refractivity contribution in [2.75, 3.05) is 0 Å². The van der Waals surface area contributed by atoms with E-state index in [1.54, 1.807) is 12.3 Å². The highest BCUT2D eigenvalue weighted by Crippen LogP contribution is 1.96. The minimum absolute atomic E-state index is 0.407. The summed E-state index contributed by atoms with van der Waals surface area (Å²) in [6.07, 6.45) is 1.63. The number of nitrogens with two attached hydrogens (primary N) is 1. The van der Waals surface area contributed by atoms with E-state index in [1.165, 1.54) is 4.52 Å². The maximum absolute atomic E-state index is 5.43. The number of aromatic nitrogens is 5. The van der Waals surface area contributed by atoms with Crippen LogP contribution in [0.3, 0.4) is 0 Å². The van der Waals surface area contributed by atoms with Gasteiger partial charge in [-0.2, -0.15) is 4.52 Å². The molecule has 0 aromatic carbocycles. The van der Waals surface area contributed by atoms with E-state index in [2.05, 4.69) is 20.5 Å². The summed E-state index contributed by atoms with van der Waals surface area (Å²) in [5.41, 5.74) is 6.28. The van der Waals surface area contributed by atoms with E-state index in [-0.39, 0.29) is 0 Å². The molecular weight excluding hydrogens is 144 g/mol. The Kier molecular flexibility index (Phi) is 1.26. The van der Waals surface area contributed by atoms with Gasteiger partial charge in [0.05, 0.1) is 5.69 Å². The molecule has 2 aromatic rings. The lowest BCUT2D eigenvalue weighted by atomic mass is 10.4. The maximum Gasteiger partial charge on any atom is 0.273 e. The molecule has 0 aliphatic rings. The Hall–Kier alpha value is -1.56. The van der Waals surface area contributed by atoms with Gasteiger partial charge in [-0.15, -0.1) is 0 Å². The minimum atomic E-state index is 0.407. The summed E-state index contributed by atoms with van der Waals surface area (Å²) in [6, 6.07) is 1.78. The van der Waals surface area contributed by atoms with Crippen LogP contribution in [-0.2, 0) is 6.54 Å². The van der Waals surface area contributed by atoms with E-state index in [9.17, 15) is 0 Å². The topological polar surface area (TPSA) is 82.0 Å². The van der Waals surface area contributed by atoms with Crippen LogP contribution in [0.5, 0.6) is 0 Å². The van der Waals surface area contributed by atoms with Gasteiger partial charge in [0.2, 0.25) is 0 Å². The number of rotatable bonds is 1. The van der Waals surface area contributed by atoms with Gasteiger partial charge in [0, 0.05) is 12.7 Å². The molecule has 2 heterocycles. The molecule has 0 aliphatic carbocycles. The first-order chi connectivity index (χ1) is 5.42. The van der Waals surface area contributed by atoms with Gasteiger partial charge in [-0.05, 0) is 16.5 Å². The highest BCUT2D eigenvalue weighted by Gasteiger charge is 2.00. The van der Waals surface area contributed by atoms with Gasteiger partial charge in [-0.1, -0.05) is 5.10 Å². The smallest absolute Gasteiger partial charge is 0.273 e. The average molecular weight is 150 g/mol. The van der Waals surface area contributed by atoms with E-state index < -0.39 is 0 Å². The SMILES string of the molecule is NCc1ccnc2nnnn12. The molecule has 0 radical (unpaired) electrons. The molecule has 11 heavy (non-hydrogen) atoms. The van der Waals surface area contributed by atoms with Crippen molar-refractivity contribution in [3.8, 4) is 0 Å². The van der Waals surface area contributed by atoms with Crippen LogP contribution >= 0.6 is 0 Å². The fraction of sp³-hybridized carbons (Fsp3) is 0.200. The molecular formula is C5H6N6. The molecule has 0 unspecified atom stereocenters. The molecule has 0 spiro atoms. The van der Waals surface area contributed by atoms with Gasteiger partial charge in [0.25, 0.3) is 5.78 Å². The van der Waals surface area contributed by atoms with E-state index >= 15 is 0 Å². The molecule has 0 aliphatic heterocycles. The summed E-state index contributed by atoms with van der Waals surface area (Å²) in [5.74, 6) is 0.480. The van der Waals surface area contributed by atoms with Crippen molar-refractivity contribution in [1.29, 1.82) is 0 Å². The zero-order valence-electron chi connectivity index (χ0n) is 5.68. The number of hydrogen-bond acceptors (Lipinski definition) is 5. The Morgan fingerprint density at radius 3 is 3.27 bits per heavy atom. The quantitative estimate of drug-likeness (QED) is 0.562. The molecule has 0 atom stereocenters. The highest BCUT2D eigenvalue weighted by atomic mass is 15.5.